The fourth-order valence-electron chi connectivity index (χ4n) is 2.67. The topological polar surface area (TPSA) is 102 Å². The van der Waals surface area contributed by atoms with Crippen molar-refractivity contribution in [2.24, 2.45) is 5.41 Å². The lowest BCUT2D eigenvalue weighted by atomic mass is 9.64. The van der Waals surface area contributed by atoms with E-state index in [1.165, 1.54) is 18.2 Å². The Hall–Kier alpha value is -2.15. The first-order valence-corrected chi connectivity index (χ1v) is 6.58. The highest BCUT2D eigenvalue weighted by Crippen LogP contribution is 2.44. The molecule has 0 spiro atoms. The van der Waals surface area contributed by atoms with Gasteiger partial charge in [0.25, 0.3) is 5.69 Å². The molecule has 1 aliphatic carbocycles. The van der Waals surface area contributed by atoms with Crippen molar-refractivity contribution in [2.45, 2.75) is 32.4 Å². The van der Waals surface area contributed by atoms with Gasteiger partial charge in [0.05, 0.1) is 22.3 Å². The van der Waals surface area contributed by atoms with Crippen LogP contribution in [-0.2, 0) is 4.74 Å². The predicted octanol–water partition coefficient (Wildman–Crippen LogP) is 2.52. The fourth-order valence-corrected chi connectivity index (χ4v) is 2.67. The van der Waals surface area contributed by atoms with Crippen molar-refractivity contribution < 1.29 is 19.6 Å². The number of hydrogen-bond donors (Lipinski definition) is 2. The molecule has 0 radical (unpaired) electrons. The third kappa shape index (κ3) is 2.69. The third-order valence-corrected chi connectivity index (χ3v) is 4.24. The summed E-state index contributed by atoms with van der Waals surface area (Å²) in [5.74, 6) is -1.12. The normalized spacial score (nSPS) is 23.2. The number of carboxylic acids is 1. The van der Waals surface area contributed by atoms with E-state index in [-0.39, 0.29) is 34.5 Å². The van der Waals surface area contributed by atoms with Gasteiger partial charge >= 0.3 is 5.97 Å². The van der Waals surface area contributed by atoms with Gasteiger partial charge < -0.3 is 15.2 Å². The van der Waals surface area contributed by atoms with Crippen LogP contribution < -0.4 is 5.32 Å². The summed E-state index contributed by atoms with van der Waals surface area (Å²) in [6.45, 7) is 4.03. The summed E-state index contributed by atoms with van der Waals surface area (Å²) in [6.07, 6.45) is 0.813. The molecule has 0 bridgehead atoms. The highest BCUT2D eigenvalue weighted by atomic mass is 16.6. The fraction of sp³-hybridized carbons (Fsp3) is 0.500. The van der Waals surface area contributed by atoms with Crippen LogP contribution in [0.1, 0.15) is 30.6 Å². The number of rotatable bonds is 5. The minimum atomic E-state index is -1.12. The highest BCUT2D eigenvalue weighted by Gasteiger charge is 2.48. The minimum Gasteiger partial charge on any atom is -0.478 e. The van der Waals surface area contributed by atoms with E-state index in [1.807, 2.05) is 13.8 Å². The Labute approximate surface area is 122 Å². The van der Waals surface area contributed by atoms with E-state index in [0.29, 0.717) is 0 Å². The second-order valence-electron chi connectivity index (χ2n) is 5.77. The summed E-state index contributed by atoms with van der Waals surface area (Å²) < 4.78 is 5.34. The average Bonchev–Trinajstić information content (AvgIpc) is 2.42. The van der Waals surface area contributed by atoms with Crippen LogP contribution in [0.5, 0.6) is 0 Å². The van der Waals surface area contributed by atoms with Gasteiger partial charge in [0, 0.05) is 30.7 Å². The van der Waals surface area contributed by atoms with Gasteiger partial charge in [0.15, 0.2) is 0 Å². The number of ether oxygens (including phenoxy) is 1. The molecule has 2 unspecified atom stereocenters. The number of carbonyl (C=O) groups is 1. The van der Waals surface area contributed by atoms with Gasteiger partial charge in [0.1, 0.15) is 0 Å². The van der Waals surface area contributed by atoms with E-state index < -0.39 is 10.9 Å². The number of nitrogens with one attached hydrogen (secondary N) is 1. The first-order valence-electron chi connectivity index (χ1n) is 6.58. The van der Waals surface area contributed by atoms with Crippen LogP contribution in [0.15, 0.2) is 18.2 Å². The second-order valence-corrected chi connectivity index (χ2v) is 5.77. The highest BCUT2D eigenvalue weighted by molar-refractivity contribution is 5.94. The van der Waals surface area contributed by atoms with Gasteiger partial charge in [-0.2, -0.15) is 0 Å². The van der Waals surface area contributed by atoms with Crippen molar-refractivity contribution in [1.82, 2.24) is 0 Å². The Morgan fingerprint density at radius 2 is 2.19 bits per heavy atom. The monoisotopic (exact) mass is 294 g/mol. The maximum atomic E-state index is 11.2. The molecule has 21 heavy (non-hydrogen) atoms. The Morgan fingerprint density at radius 3 is 2.67 bits per heavy atom. The number of hydrogen-bond acceptors (Lipinski definition) is 5. The molecule has 114 valence electrons. The standard InChI is InChI=1S/C14H18N2O5/c1-14(2)11(7-12(14)21-3)15-10-6-8(16(19)20)4-5-9(10)13(17)18/h4-6,11-12,15H,7H2,1-3H3,(H,17,18). The Bertz CT molecular complexity index is 585. The van der Waals surface area contributed by atoms with Crippen LogP contribution >= 0.6 is 0 Å². The van der Waals surface area contributed by atoms with Crippen LogP contribution in [0.25, 0.3) is 0 Å². The molecule has 1 fully saturated rings. The van der Waals surface area contributed by atoms with E-state index >= 15 is 0 Å². The second kappa shape index (κ2) is 5.33. The Morgan fingerprint density at radius 1 is 1.52 bits per heavy atom. The molecule has 1 aromatic rings. The molecule has 0 heterocycles. The largest absolute Gasteiger partial charge is 0.478 e. The molecule has 0 amide bonds. The number of methoxy groups -OCH3 is 1. The summed E-state index contributed by atoms with van der Waals surface area (Å²) in [5, 5.41) is 23.1. The summed E-state index contributed by atoms with van der Waals surface area (Å²) in [4.78, 5) is 21.5. The van der Waals surface area contributed by atoms with Gasteiger partial charge in [0.2, 0.25) is 0 Å². The van der Waals surface area contributed by atoms with Crippen molar-refractivity contribution >= 4 is 17.3 Å². The summed E-state index contributed by atoms with van der Waals surface area (Å²) >= 11 is 0. The first kappa shape index (κ1) is 15.2. The maximum Gasteiger partial charge on any atom is 0.337 e. The van der Waals surface area contributed by atoms with Gasteiger partial charge in [-0.25, -0.2) is 4.79 Å². The van der Waals surface area contributed by atoms with Crippen LogP contribution in [0.2, 0.25) is 0 Å². The lowest BCUT2D eigenvalue weighted by Gasteiger charge is -2.51. The predicted molar refractivity (Wildman–Crippen MR) is 76.7 cm³/mol. The van der Waals surface area contributed by atoms with E-state index in [1.54, 1.807) is 7.11 Å². The molecule has 0 aliphatic heterocycles. The van der Waals surface area contributed by atoms with Gasteiger partial charge in [-0.3, -0.25) is 10.1 Å². The number of nitrogens with zero attached hydrogens (tertiary/aromatic N) is 1. The molecular formula is C14H18N2O5. The van der Waals surface area contributed by atoms with Crippen molar-refractivity contribution in [1.29, 1.82) is 0 Å². The van der Waals surface area contributed by atoms with Crippen LogP contribution in [-0.4, -0.2) is 35.3 Å². The molecule has 7 heteroatoms. The zero-order valence-corrected chi connectivity index (χ0v) is 12.1. The van der Waals surface area contributed by atoms with Crippen molar-refractivity contribution in [2.75, 3.05) is 12.4 Å². The molecule has 1 aromatic carbocycles. The van der Waals surface area contributed by atoms with Crippen molar-refractivity contribution in [3.05, 3.63) is 33.9 Å². The molecule has 0 saturated heterocycles. The number of nitro groups is 1. The Kier molecular flexibility index (Phi) is 3.87. The zero-order valence-electron chi connectivity index (χ0n) is 12.1. The SMILES string of the molecule is COC1CC(Nc2cc([N+](=O)[O-])ccc2C(=O)O)C1(C)C. The lowest BCUT2D eigenvalue weighted by molar-refractivity contribution is -0.384. The van der Waals surface area contributed by atoms with E-state index in [2.05, 4.69) is 5.32 Å². The van der Waals surface area contributed by atoms with Gasteiger partial charge in [-0.15, -0.1) is 0 Å². The van der Waals surface area contributed by atoms with Gasteiger partial charge in [-0.1, -0.05) is 13.8 Å². The number of benzene rings is 1. The maximum absolute atomic E-state index is 11.2. The number of non-ortho nitro benzene ring substituents is 1. The number of carboxylic acid groups (broad SMARTS) is 1. The molecule has 2 N–H and O–H groups in total. The van der Waals surface area contributed by atoms with E-state index in [0.717, 1.165) is 6.42 Å². The van der Waals surface area contributed by atoms with Gasteiger partial charge in [-0.05, 0) is 12.5 Å². The van der Waals surface area contributed by atoms with E-state index in [4.69, 9.17) is 4.74 Å². The quantitative estimate of drug-likeness (QED) is 0.639. The molecule has 0 aromatic heterocycles. The Balaban J connectivity index is 2.28. The molecule has 1 aliphatic rings. The number of anilines is 1. The third-order valence-electron chi connectivity index (χ3n) is 4.24. The summed E-state index contributed by atoms with van der Waals surface area (Å²) in [5.41, 5.74) is -0.0145. The molecular weight excluding hydrogens is 276 g/mol. The zero-order chi connectivity index (χ0) is 15.8. The minimum absolute atomic E-state index is 0.00236. The van der Waals surface area contributed by atoms with Crippen LogP contribution in [0, 0.1) is 15.5 Å². The first-order chi connectivity index (χ1) is 9.77. The summed E-state index contributed by atoms with van der Waals surface area (Å²) in [6, 6.07) is 3.71. The van der Waals surface area contributed by atoms with Crippen molar-refractivity contribution in [3.63, 3.8) is 0 Å². The molecule has 1 saturated carbocycles. The molecule has 2 rings (SSSR count). The molecule has 2 atom stereocenters. The lowest BCUT2D eigenvalue weighted by Crippen LogP contribution is -2.57. The number of aromatic carboxylic acids is 1. The van der Waals surface area contributed by atoms with E-state index in [9.17, 15) is 20.0 Å². The smallest absolute Gasteiger partial charge is 0.337 e. The van der Waals surface area contributed by atoms with Crippen molar-refractivity contribution in [3.8, 4) is 0 Å². The van der Waals surface area contributed by atoms with Crippen LogP contribution in [0.4, 0.5) is 11.4 Å². The molecule has 7 nitrogen and oxygen atoms in total. The van der Waals surface area contributed by atoms with Crippen LogP contribution in [0.3, 0.4) is 0 Å². The number of nitro benzene ring substituents is 1. The summed E-state index contributed by atoms with van der Waals surface area (Å²) in [7, 11) is 1.64. The average molecular weight is 294 g/mol.